The molecule has 0 heterocycles. The van der Waals surface area contributed by atoms with E-state index in [2.05, 4.69) is 5.32 Å². The first-order chi connectivity index (χ1) is 5.54. The van der Waals surface area contributed by atoms with Crippen LogP contribution in [0, 0.1) is 0 Å². The van der Waals surface area contributed by atoms with Gasteiger partial charge in [-0.2, -0.15) is 0 Å². The van der Waals surface area contributed by atoms with Crippen molar-refractivity contribution in [3.8, 4) is 0 Å². The fraction of sp³-hybridized carbons (Fsp3) is 0.667. The summed E-state index contributed by atoms with van der Waals surface area (Å²) in [6.45, 7) is 1.40. The smallest absolute Gasteiger partial charge is 0.321 e. The Morgan fingerprint density at radius 2 is 2.15 bits per heavy atom. The minimum atomic E-state index is -1.02. The van der Waals surface area contributed by atoms with Crippen molar-refractivity contribution in [2.45, 2.75) is 13.0 Å². The molecule has 0 rings (SSSR count). The van der Waals surface area contributed by atoms with Gasteiger partial charge in [0.2, 0.25) is 5.91 Å². The Kier molecular flexibility index (Phi) is 9.43. The molecular weight excluding hydrogens is 216 g/mol. The fourth-order valence-corrected chi connectivity index (χ4v) is 1.23. The minimum absolute atomic E-state index is 0. The quantitative estimate of drug-likeness (QED) is 0.442. The molecule has 1 amide bonds. The van der Waals surface area contributed by atoms with Crippen LogP contribution in [0.4, 0.5) is 0 Å². The first-order valence-corrected chi connectivity index (χ1v) is 4.50. The number of nitrogens with one attached hydrogen (secondary N) is 1. The number of hydrogen-bond acceptors (Lipinski definition) is 4. The van der Waals surface area contributed by atoms with Gasteiger partial charge in [-0.1, -0.05) is 0 Å². The summed E-state index contributed by atoms with van der Waals surface area (Å²) >= 11 is 1.28. The Morgan fingerprint density at radius 1 is 1.62 bits per heavy atom. The predicted molar refractivity (Wildman–Crippen MR) is 54.0 cm³/mol. The van der Waals surface area contributed by atoms with Crippen molar-refractivity contribution < 1.29 is 14.7 Å². The fourth-order valence-electron chi connectivity index (χ4n) is 0.410. The first kappa shape index (κ1) is 15.0. The largest absolute Gasteiger partial charge is 0.480 e. The van der Waals surface area contributed by atoms with Gasteiger partial charge in [0.1, 0.15) is 6.04 Å². The van der Waals surface area contributed by atoms with E-state index in [9.17, 15) is 9.59 Å². The van der Waals surface area contributed by atoms with Gasteiger partial charge in [-0.3, -0.25) is 9.59 Å². The number of carbonyl (C=O) groups is 2. The molecular formula is C6H13ClN2O3S. The van der Waals surface area contributed by atoms with E-state index in [0.717, 1.165) is 0 Å². The van der Waals surface area contributed by atoms with Crippen molar-refractivity contribution in [2.24, 2.45) is 5.73 Å². The standard InChI is InChI=1S/C6H12N2O3S.ClH/c1-4(9)8-3-12-2-5(7)6(10)11;/h5H,2-3,7H2,1H3,(H,8,9)(H,10,11);1H. The third-order valence-electron chi connectivity index (χ3n) is 1.04. The molecule has 0 radical (unpaired) electrons. The highest BCUT2D eigenvalue weighted by Crippen LogP contribution is 1.98. The van der Waals surface area contributed by atoms with Crippen LogP contribution in [0.25, 0.3) is 0 Å². The number of thioether (sulfide) groups is 1. The number of rotatable bonds is 5. The lowest BCUT2D eigenvalue weighted by Gasteiger charge is -2.05. The Balaban J connectivity index is 0. The zero-order valence-electron chi connectivity index (χ0n) is 7.15. The van der Waals surface area contributed by atoms with Crippen molar-refractivity contribution in [3.05, 3.63) is 0 Å². The van der Waals surface area contributed by atoms with Crippen LogP contribution >= 0.6 is 24.2 Å². The predicted octanol–water partition coefficient (Wildman–Crippen LogP) is -0.353. The maximum Gasteiger partial charge on any atom is 0.321 e. The zero-order chi connectivity index (χ0) is 9.56. The van der Waals surface area contributed by atoms with Crippen molar-refractivity contribution in [2.75, 3.05) is 11.6 Å². The SMILES string of the molecule is CC(=O)NCSCC(N)C(=O)O.Cl. The second kappa shape index (κ2) is 8.15. The average molecular weight is 229 g/mol. The van der Waals surface area contributed by atoms with Gasteiger partial charge < -0.3 is 16.2 Å². The normalized spacial score (nSPS) is 11.2. The van der Waals surface area contributed by atoms with Crippen LogP contribution in [0.2, 0.25) is 0 Å². The molecule has 0 aliphatic carbocycles. The van der Waals surface area contributed by atoms with E-state index < -0.39 is 12.0 Å². The van der Waals surface area contributed by atoms with Crippen molar-refractivity contribution in [3.63, 3.8) is 0 Å². The number of aliphatic carboxylic acids is 1. The zero-order valence-corrected chi connectivity index (χ0v) is 8.78. The number of carboxylic acids is 1. The Bertz CT molecular complexity index is 179. The topological polar surface area (TPSA) is 92.4 Å². The Hall–Kier alpha value is -0.460. The molecule has 0 aromatic carbocycles. The van der Waals surface area contributed by atoms with Crippen molar-refractivity contribution in [1.82, 2.24) is 5.32 Å². The highest BCUT2D eigenvalue weighted by atomic mass is 35.5. The van der Waals surface area contributed by atoms with Gasteiger partial charge in [0.05, 0.1) is 5.88 Å². The maximum atomic E-state index is 10.4. The van der Waals surface area contributed by atoms with E-state index in [1.165, 1.54) is 18.7 Å². The average Bonchev–Trinajstić information content (AvgIpc) is 1.97. The lowest BCUT2D eigenvalue weighted by atomic mass is 10.4. The number of hydrogen-bond donors (Lipinski definition) is 3. The second-order valence-corrected chi connectivity index (χ2v) is 3.22. The molecule has 13 heavy (non-hydrogen) atoms. The summed E-state index contributed by atoms with van der Waals surface area (Å²) in [5.41, 5.74) is 5.20. The van der Waals surface area contributed by atoms with Crippen LogP contribution in [0.5, 0.6) is 0 Å². The van der Waals surface area contributed by atoms with Gasteiger partial charge in [0.15, 0.2) is 0 Å². The van der Waals surface area contributed by atoms with Gasteiger partial charge in [-0.15, -0.1) is 24.2 Å². The lowest BCUT2D eigenvalue weighted by Crippen LogP contribution is -2.33. The molecule has 0 aliphatic rings. The Labute approximate surface area is 86.8 Å². The van der Waals surface area contributed by atoms with E-state index in [0.29, 0.717) is 11.6 Å². The van der Waals surface area contributed by atoms with E-state index in [4.69, 9.17) is 10.8 Å². The summed E-state index contributed by atoms with van der Waals surface area (Å²) in [4.78, 5) is 20.6. The van der Waals surface area contributed by atoms with Crippen LogP contribution in [-0.4, -0.2) is 34.7 Å². The summed E-state index contributed by atoms with van der Waals surface area (Å²) < 4.78 is 0. The lowest BCUT2D eigenvalue weighted by molar-refractivity contribution is -0.137. The van der Waals surface area contributed by atoms with Crippen LogP contribution in [0.1, 0.15) is 6.92 Å². The first-order valence-electron chi connectivity index (χ1n) is 3.34. The minimum Gasteiger partial charge on any atom is -0.480 e. The van der Waals surface area contributed by atoms with Gasteiger partial charge in [0, 0.05) is 12.7 Å². The molecule has 5 nitrogen and oxygen atoms in total. The molecule has 0 aliphatic heterocycles. The molecule has 4 N–H and O–H groups in total. The molecule has 78 valence electrons. The molecule has 0 bridgehead atoms. The highest BCUT2D eigenvalue weighted by Gasteiger charge is 2.10. The molecule has 1 unspecified atom stereocenters. The van der Waals surface area contributed by atoms with E-state index in [1.807, 2.05) is 0 Å². The summed E-state index contributed by atoms with van der Waals surface area (Å²) in [6.07, 6.45) is 0. The van der Waals surface area contributed by atoms with Crippen molar-refractivity contribution >= 4 is 36.0 Å². The second-order valence-electron chi connectivity index (χ2n) is 2.19. The highest BCUT2D eigenvalue weighted by molar-refractivity contribution is 7.99. The summed E-state index contributed by atoms with van der Waals surface area (Å²) in [6, 6.07) is -0.858. The monoisotopic (exact) mass is 228 g/mol. The molecule has 0 spiro atoms. The van der Waals surface area contributed by atoms with Gasteiger partial charge in [-0.25, -0.2) is 0 Å². The third-order valence-corrected chi connectivity index (χ3v) is 1.98. The molecule has 1 atom stereocenters. The van der Waals surface area contributed by atoms with E-state index in [1.54, 1.807) is 0 Å². The van der Waals surface area contributed by atoms with E-state index in [-0.39, 0.29) is 18.3 Å². The number of carboxylic acid groups (broad SMARTS) is 1. The summed E-state index contributed by atoms with van der Waals surface area (Å²) in [5.74, 6) is -0.455. The van der Waals surface area contributed by atoms with Gasteiger partial charge in [-0.05, 0) is 0 Å². The number of carbonyl (C=O) groups excluding carboxylic acids is 1. The van der Waals surface area contributed by atoms with Crippen LogP contribution in [0.15, 0.2) is 0 Å². The number of nitrogens with two attached hydrogens (primary N) is 1. The van der Waals surface area contributed by atoms with E-state index >= 15 is 0 Å². The van der Waals surface area contributed by atoms with Crippen molar-refractivity contribution in [1.29, 1.82) is 0 Å². The molecule has 0 saturated heterocycles. The van der Waals surface area contributed by atoms with Crippen LogP contribution in [0.3, 0.4) is 0 Å². The summed E-state index contributed by atoms with van der Waals surface area (Å²) in [7, 11) is 0. The third kappa shape index (κ3) is 9.45. The van der Waals surface area contributed by atoms with Gasteiger partial charge >= 0.3 is 5.97 Å². The van der Waals surface area contributed by atoms with Gasteiger partial charge in [0.25, 0.3) is 0 Å². The molecule has 7 heteroatoms. The number of halogens is 1. The molecule has 0 aromatic heterocycles. The molecule has 0 fully saturated rings. The van der Waals surface area contributed by atoms with Crippen LogP contribution < -0.4 is 11.1 Å². The summed E-state index contributed by atoms with van der Waals surface area (Å²) in [5, 5.41) is 10.9. The maximum absolute atomic E-state index is 10.4. The molecule has 0 aromatic rings. The number of amides is 1. The molecule has 0 saturated carbocycles. The van der Waals surface area contributed by atoms with Crippen LogP contribution in [-0.2, 0) is 9.59 Å². The Morgan fingerprint density at radius 3 is 2.54 bits per heavy atom.